The van der Waals surface area contributed by atoms with Crippen molar-refractivity contribution < 1.29 is 43.1 Å². The van der Waals surface area contributed by atoms with E-state index in [0.717, 1.165) is 11.1 Å². The lowest BCUT2D eigenvalue weighted by atomic mass is 9.92. The van der Waals surface area contributed by atoms with Gasteiger partial charge in [-0.1, -0.05) is 72.5 Å². The van der Waals surface area contributed by atoms with Crippen LogP contribution < -0.4 is 0 Å². The van der Waals surface area contributed by atoms with E-state index in [2.05, 4.69) is 11.8 Å². The van der Waals surface area contributed by atoms with E-state index in [0.29, 0.717) is 13.0 Å². The van der Waals surface area contributed by atoms with Gasteiger partial charge < -0.3 is 33.5 Å². The molecule has 1 saturated heterocycles. The molecule has 1 N–H and O–H groups in total. The number of hydrogen-bond donors (Lipinski definition) is 1. The Morgan fingerprint density at radius 1 is 1.00 bits per heavy atom. The molecule has 0 radical (unpaired) electrons. The number of carbonyl (C=O) groups excluding carboxylic acids is 2. The molecule has 1 aliphatic heterocycles. The molecule has 1 heterocycles. The molecule has 39 heavy (non-hydrogen) atoms. The molecule has 9 heteroatoms. The topological polar surface area (TPSA) is 110 Å². The summed E-state index contributed by atoms with van der Waals surface area (Å²) in [5.74, 6) is 4.97. The molecule has 3 rings (SSSR count). The molecule has 0 aliphatic carbocycles. The lowest BCUT2D eigenvalue weighted by Gasteiger charge is -2.42. The van der Waals surface area contributed by atoms with E-state index in [1.54, 1.807) is 13.8 Å². The van der Waals surface area contributed by atoms with Crippen molar-refractivity contribution in [2.45, 2.75) is 76.5 Å². The van der Waals surface area contributed by atoms with Crippen LogP contribution in [-0.4, -0.2) is 67.6 Å². The highest BCUT2D eigenvalue weighted by atomic mass is 16.7. The molecule has 0 aromatic heterocycles. The molecule has 0 amide bonds. The van der Waals surface area contributed by atoms with Crippen molar-refractivity contribution in [3.63, 3.8) is 0 Å². The third-order valence-corrected chi connectivity index (χ3v) is 6.03. The Bertz CT molecular complexity index is 1080. The largest absolute Gasteiger partial charge is 0.509 e. The first-order valence-electron chi connectivity index (χ1n) is 13.0. The van der Waals surface area contributed by atoms with Crippen LogP contribution in [0.25, 0.3) is 0 Å². The summed E-state index contributed by atoms with van der Waals surface area (Å²) in [6.07, 6.45) is -5.47. The highest BCUT2D eigenvalue weighted by Gasteiger charge is 2.44. The number of carbonyl (C=O) groups is 2. The first-order chi connectivity index (χ1) is 18.9. The van der Waals surface area contributed by atoms with Crippen molar-refractivity contribution in [3.8, 4) is 11.8 Å². The quantitative estimate of drug-likeness (QED) is 0.336. The summed E-state index contributed by atoms with van der Waals surface area (Å²) >= 11 is 0. The van der Waals surface area contributed by atoms with E-state index in [1.807, 2.05) is 60.7 Å². The first-order valence-corrected chi connectivity index (χ1v) is 13.0. The minimum Gasteiger partial charge on any atom is -0.469 e. The van der Waals surface area contributed by atoms with Gasteiger partial charge in [0.05, 0.1) is 45.6 Å². The van der Waals surface area contributed by atoms with Gasteiger partial charge in [0.2, 0.25) is 0 Å². The van der Waals surface area contributed by atoms with Crippen LogP contribution in [0.1, 0.15) is 37.8 Å². The molecule has 0 bridgehead atoms. The van der Waals surface area contributed by atoms with Gasteiger partial charge in [0, 0.05) is 6.42 Å². The van der Waals surface area contributed by atoms with Gasteiger partial charge in [0.15, 0.2) is 6.10 Å². The predicted molar refractivity (Wildman–Crippen MR) is 141 cm³/mol. The molecule has 1 fully saturated rings. The van der Waals surface area contributed by atoms with Gasteiger partial charge in [-0.05, 0) is 25.0 Å². The van der Waals surface area contributed by atoms with Crippen molar-refractivity contribution in [2.75, 3.05) is 13.7 Å². The number of methoxy groups -OCH3 is 1. The molecule has 2 aromatic carbocycles. The average molecular weight is 541 g/mol. The number of hydrogen-bond acceptors (Lipinski definition) is 9. The smallest absolute Gasteiger partial charge is 0.469 e. The zero-order chi connectivity index (χ0) is 28.0. The summed E-state index contributed by atoms with van der Waals surface area (Å²) in [6.45, 7) is 3.96. The van der Waals surface area contributed by atoms with E-state index in [4.69, 9.17) is 28.4 Å². The van der Waals surface area contributed by atoms with Crippen molar-refractivity contribution in [1.82, 2.24) is 0 Å². The van der Waals surface area contributed by atoms with Gasteiger partial charge in [-0.25, -0.2) is 4.79 Å². The van der Waals surface area contributed by atoms with E-state index in [-0.39, 0.29) is 19.6 Å². The Hall–Kier alpha value is -3.42. The molecule has 2 aromatic rings. The SMILES string of the molecule is CCOC(=O)O[C@H](C)C#C[C@@H](O)[C@@H]1O[C@H](CC(=O)OC)C[C@H](OCc2ccccc2)[C@H]1OCc1ccccc1. The normalized spacial score (nSPS) is 22.1. The monoisotopic (exact) mass is 540 g/mol. The van der Waals surface area contributed by atoms with Gasteiger partial charge in [-0.2, -0.15) is 0 Å². The number of aliphatic hydroxyl groups excluding tert-OH is 1. The van der Waals surface area contributed by atoms with Crippen LogP contribution >= 0.6 is 0 Å². The zero-order valence-electron chi connectivity index (χ0n) is 22.5. The number of benzene rings is 2. The van der Waals surface area contributed by atoms with Gasteiger partial charge >= 0.3 is 12.1 Å². The second-order valence-electron chi connectivity index (χ2n) is 9.01. The molecule has 1 aliphatic rings. The molecule has 0 saturated carbocycles. The summed E-state index contributed by atoms with van der Waals surface area (Å²) in [4.78, 5) is 23.7. The third-order valence-electron chi connectivity index (χ3n) is 6.03. The molecule has 0 spiro atoms. The highest BCUT2D eigenvalue weighted by Crippen LogP contribution is 2.30. The first kappa shape index (κ1) is 30.1. The van der Waals surface area contributed by atoms with Crippen LogP contribution in [-0.2, 0) is 46.4 Å². The maximum Gasteiger partial charge on any atom is 0.509 e. The molecule has 9 nitrogen and oxygen atoms in total. The Morgan fingerprint density at radius 3 is 2.21 bits per heavy atom. The predicted octanol–water partition coefficient (Wildman–Crippen LogP) is 3.80. The van der Waals surface area contributed by atoms with E-state index in [1.165, 1.54) is 7.11 Å². The molecular formula is C30H36O9. The van der Waals surface area contributed by atoms with Gasteiger partial charge in [0.1, 0.15) is 18.3 Å². The number of aliphatic hydroxyl groups is 1. The Balaban J connectivity index is 1.83. The van der Waals surface area contributed by atoms with Crippen LogP contribution in [0.3, 0.4) is 0 Å². The van der Waals surface area contributed by atoms with Gasteiger partial charge in [-0.3, -0.25) is 4.79 Å². The van der Waals surface area contributed by atoms with Crippen LogP contribution in [0.5, 0.6) is 0 Å². The number of rotatable bonds is 11. The highest BCUT2D eigenvalue weighted by molar-refractivity contribution is 5.69. The Morgan fingerprint density at radius 2 is 1.62 bits per heavy atom. The fourth-order valence-corrected chi connectivity index (χ4v) is 4.13. The fourth-order valence-electron chi connectivity index (χ4n) is 4.13. The number of ether oxygens (including phenoxy) is 6. The Labute approximate surface area is 229 Å². The maximum absolute atomic E-state index is 12.1. The molecular weight excluding hydrogens is 504 g/mol. The minimum absolute atomic E-state index is 0.0217. The second-order valence-corrected chi connectivity index (χ2v) is 9.01. The molecule has 0 unspecified atom stereocenters. The van der Waals surface area contributed by atoms with Crippen molar-refractivity contribution in [1.29, 1.82) is 0 Å². The second kappa shape index (κ2) is 15.9. The van der Waals surface area contributed by atoms with Crippen LogP contribution in [0, 0.1) is 11.8 Å². The summed E-state index contributed by atoms with van der Waals surface area (Å²) < 4.78 is 33.4. The lowest BCUT2D eigenvalue weighted by Crippen LogP contribution is -2.55. The van der Waals surface area contributed by atoms with Crippen molar-refractivity contribution in [2.24, 2.45) is 0 Å². The summed E-state index contributed by atoms with van der Waals surface area (Å²) in [6, 6.07) is 19.3. The Kier molecular flexibility index (Phi) is 12.3. The van der Waals surface area contributed by atoms with Gasteiger partial charge in [0.25, 0.3) is 0 Å². The number of esters is 1. The molecule has 210 valence electrons. The minimum atomic E-state index is -1.33. The van der Waals surface area contributed by atoms with E-state index in [9.17, 15) is 14.7 Å². The standard InChI is InChI=1S/C30H36O9/c1-4-35-30(33)38-21(2)15-16-25(31)28-29(37-20-23-13-9-6-10-14-23)26(17-24(39-28)18-27(32)34-3)36-19-22-11-7-5-8-12-22/h5-14,21,24-26,28-29,31H,4,17-20H2,1-3H3/t21-,24+,25-,26+,28+,29-/m1/s1. The summed E-state index contributed by atoms with van der Waals surface area (Å²) in [5.41, 5.74) is 1.91. The molecule has 6 atom stereocenters. The van der Waals surface area contributed by atoms with Crippen LogP contribution in [0.2, 0.25) is 0 Å². The van der Waals surface area contributed by atoms with Gasteiger partial charge in [-0.15, -0.1) is 0 Å². The van der Waals surface area contributed by atoms with Crippen LogP contribution in [0.4, 0.5) is 4.79 Å². The van der Waals surface area contributed by atoms with Crippen LogP contribution in [0.15, 0.2) is 60.7 Å². The average Bonchev–Trinajstić information content (AvgIpc) is 2.95. The maximum atomic E-state index is 12.1. The van der Waals surface area contributed by atoms with E-state index >= 15 is 0 Å². The zero-order valence-corrected chi connectivity index (χ0v) is 22.5. The summed E-state index contributed by atoms with van der Waals surface area (Å²) in [5, 5.41) is 11.1. The van der Waals surface area contributed by atoms with Crippen molar-refractivity contribution in [3.05, 3.63) is 71.8 Å². The third kappa shape index (κ3) is 10.0. The fraction of sp³-hybridized carbons (Fsp3) is 0.467. The summed E-state index contributed by atoms with van der Waals surface area (Å²) in [7, 11) is 1.31. The van der Waals surface area contributed by atoms with E-state index < -0.39 is 48.7 Å². The van der Waals surface area contributed by atoms with Crippen molar-refractivity contribution >= 4 is 12.1 Å². The lowest BCUT2D eigenvalue weighted by molar-refractivity contribution is -0.225.